The largest absolute Gasteiger partial charge is 0.445 e. The van der Waals surface area contributed by atoms with Gasteiger partial charge in [-0.25, -0.2) is 14.4 Å². The van der Waals surface area contributed by atoms with Gasteiger partial charge in [-0.3, -0.25) is 10.2 Å². The van der Waals surface area contributed by atoms with Crippen LogP contribution in [-0.2, 0) is 25.6 Å². The number of ether oxygens (including phenoxy) is 3. The van der Waals surface area contributed by atoms with Crippen LogP contribution < -0.4 is 5.32 Å². The van der Waals surface area contributed by atoms with Gasteiger partial charge in [0.25, 0.3) is 0 Å². The zero-order chi connectivity index (χ0) is 21.3. The van der Waals surface area contributed by atoms with E-state index in [1.54, 1.807) is 20.8 Å². The second-order valence-corrected chi connectivity index (χ2v) is 7.57. The molecule has 1 N–H and O–H groups in total. The molecule has 1 aliphatic rings. The number of allylic oxidation sites excluding steroid dienone is 1. The number of carbonyl (C=O) groups is 3. The third-order valence-corrected chi connectivity index (χ3v) is 3.95. The number of carbonyl (C=O) groups excluding carboxylic acids is 3. The molecule has 8 heteroatoms. The molecule has 0 atom stereocenters. The molecule has 2 amide bonds. The average Bonchev–Trinajstić information content (AvgIpc) is 2.66. The van der Waals surface area contributed by atoms with E-state index in [1.807, 2.05) is 30.3 Å². The van der Waals surface area contributed by atoms with E-state index in [4.69, 9.17) is 14.2 Å². The lowest BCUT2D eigenvalue weighted by molar-refractivity contribution is -0.138. The summed E-state index contributed by atoms with van der Waals surface area (Å²) in [6.45, 7) is 5.63. The molecule has 29 heavy (non-hydrogen) atoms. The average molecular weight is 404 g/mol. The van der Waals surface area contributed by atoms with Crippen molar-refractivity contribution in [1.29, 1.82) is 0 Å². The van der Waals surface area contributed by atoms with Crippen molar-refractivity contribution in [3.05, 3.63) is 47.7 Å². The minimum absolute atomic E-state index is 0.121. The molecule has 1 fully saturated rings. The fourth-order valence-corrected chi connectivity index (χ4v) is 2.65. The molecule has 1 aliphatic heterocycles. The molecule has 2 rings (SSSR count). The molecule has 1 saturated heterocycles. The SMILES string of the molecule is CC(C)(C)OC(=O)N1CCCCC1=CC(=O)OCNC(=O)OCc1ccccc1. The summed E-state index contributed by atoms with van der Waals surface area (Å²) in [4.78, 5) is 37.5. The van der Waals surface area contributed by atoms with Gasteiger partial charge >= 0.3 is 18.2 Å². The van der Waals surface area contributed by atoms with E-state index in [0.717, 1.165) is 18.4 Å². The molecule has 8 nitrogen and oxygen atoms in total. The maximum atomic E-state index is 12.3. The Morgan fingerprint density at radius 2 is 1.83 bits per heavy atom. The predicted molar refractivity (Wildman–Crippen MR) is 106 cm³/mol. The van der Waals surface area contributed by atoms with Crippen LogP contribution in [-0.4, -0.2) is 41.9 Å². The maximum Gasteiger partial charge on any atom is 0.414 e. The summed E-state index contributed by atoms with van der Waals surface area (Å²) in [6, 6.07) is 9.23. The van der Waals surface area contributed by atoms with Crippen molar-refractivity contribution in [2.75, 3.05) is 13.3 Å². The molecule has 1 heterocycles. The first-order chi connectivity index (χ1) is 13.7. The van der Waals surface area contributed by atoms with E-state index in [-0.39, 0.29) is 13.3 Å². The van der Waals surface area contributed by atoms with Crippen molar-refractivity contribution in [3.63, 3.8) is 0 Å². The van der Waals surface area contributed by atoms with Gasteiger partial charge in [-0.05, 0) is 45.6 Å². The summed E-state index contributed by atoms with van der Waals surface area (Å²) < 4.78 is 15.4. The highest BCUT2D eigenvalue weighted by Gasteiger charge is 2.27. The van der Waals surface area contributed by atoms with Crippen LogP contribution in [0.4, 0.5) is 9.59 Å². The molecule has 0 unspecified atom stereocenters. The Morgan fingerprint density at radius 3 is 2.52 bits per heavy atom. The van der Waals surface area contributed by atoms with Gasteiger partial charge in [-0.2, -0.15) is 0 Å². The number of likely N-dealkylation sites (tertiary alicyclic amines) is 1. The number of esters is 1. The van der Waals surface area contributed by atoms with Crippen LogP contribution in [0.2, 0.25) is 0 Å². The van der Waals surface area contributed by atoms with Crippen LogP contribution in [0.3, 0.4) is 0 Å². The van der Waals surface area contributed by atoms with Crippen LogP contribution in [0, 0.1) is 0 Å². The number of hydrogen-bond donors (Lipinski definition) is 1. The van der Waals surface area contributed by atoms with Crippen molar-refractivity contribution >= 4 is 18.2 Å². The van der Waals surface area contributed by atoms with Gasteiger partial charge in [0.15, 0.2) is 6.73 Å². The molecule has 0 saturated carbocycles. The monoisotopic (exact) mass is 404 g/mol. The smallest absolute Gasteiger partial charge is 0.414 e. The van der Waals surface area contributed by atoms with Gasteiger partial charge in [0.05, 0.1) is 0 Å². The summed E-state index contributed by atoms with van der Waals surface area (Å²) in [5.41, 5.74) is 0.774. The highest BCUT2D eigenvalue weighted by Crippen LogP contribution is 2.23. The van der Waals surface area contributed by atoms with Crippen LogP contribution >= 0.6 is 0 Å². The van der Waals surface area contributed by atoms with E-state index in [2.05, 4.69) is 5.32 Å². The summed E-state index contributed by atoms with van der Waals surface area (Å²) in [5, 5.41) is 2.35. The molecule has 1 aromatic carbocycles. The first-order valence-corrected chi connectivity index (χ1v) is 9.57. The number of alkyl carbamates (subject to hydrolysis) is 1. The Bertz CT molecular complexity index is 739. The van der Waals surface area contributed by atoms with E-state index >= 15 is 0 Å². The van der Waals surface area contributed by atoms with Crippen molar-refractivity contribution in [2.24, 2.45) is 0 Å². The first kappa shape index (κ1) is 22.3. The predicted octanol–water partition coefficient (Wildman–Crippen LogP) is 3.72. The molecule has 0 aromatic heterocycles. The van der Waals surface area contributed by atoms with Crippen molar-refractivity contribution in [3.8, 4) is 0 Å². The molecular formula is C21H28N2O6. The fourth-order valence-electron chi connectivity index (χ4n) is 2.65. The molecule has 158 valence electrons. The quantitative estimate of drug-likeness (QED) is 0.348. The number of nitrogens with one attached hydrogen (secondary N) is 1. The van der Waals surface area contributed by atoms with Crippen molar-refractivity contribution in [1.82, 2.24) is 10.2 Å². The zero-order valence-electron chi connectivity index (χ0n) is 17.1. The third-order valence-electron chi connectivity index (χ3n) is 3.95. The normalized spacial score (nSPS) is 15.6. The van der Waals surface area contributed by atoms with Gasteiger partial charge in [-0.15, -0.1) is 0 Å². The van der Waals surface area contributed by atoms with Crippen molar-refractivity contribution < 1.29 is 28.6 Å². The fraction of sp³-hybridized carbons (Fsp3) is 0.476. The van der Waals surface area contributed by atoms with Gasteiger partial charge in [0.2, 0.25) is 0 Å². The summed E-state index contributed by atoms with van der Waals surface area (Å²) in [7, 11) is 0. The van der Waals surface area contributed by atoms with Gasteiger partial charge in [0.1, 0.15) is 12.2 Å². The Balaban J connectivity index is 1.78. The second kappa shape index (κ2) is 10.5. The lowest BCUT2D eigenvalue weighted by Gasteiger charge is -2.31. The van der Waals surface area contributed by atoms with Crippen LogP contribution in [0.15, 0.2) is 42.1 Å². The van der Waals surface area contributed by atoms with E-state index in [0.29, 0.717) is 18.7 Å². The number of hydrogen-bond acceptors (Lipinski definition) is 6. The molecule has 1 aromatic rings. The topological polar surface area (TPSA) is 94.2 Å². The number of piperidine rings is 1. The first-order valence-electron chi connectivity index (χ1n) is 9.57. The molecular weight excluding hydrogens is 376 g/mol. The van der Waals surface area contributed by atoms with Crippen LogP contribution in [0.25, 0.3) is 0 Å². The Kier molecular flexibility index (Phi) is 8.06. The standard InChI is InChI=1S/C21H28N2O6/c1-21(2,3)29-20(26)23-12-8-7-11-17(23)13-18(24)28-15-22-19(25)27-14-16-9-5-4-6-10-16/h4-6,9-10,13H,7-8,11-12,14-15H2,1-3H3,(H,22,25). The molecule has 0 radical (unpaired) electrons. The Morgan fingerprint density at radius 1 is 1.10 bits per heavy atom. The summed E-state index contributed by atoms with van der Waals surface area (Å²) in [5.74, 6) is -0.654. The van der Waals surface area contributed by atoms with E-state index in [1.165, 1.54) is 11.0 Å². The molecule has 0 bridgehead atoms. The van der Waals surface area contributed by atoms with Crippen LogP contribution in [0.5, 0.6) is 0 Å². The van der Waals surface area contributed by atoms with E-state index in [9.17, 15) is 14.4 Å². The van der Waals surface area contributed by atoms with Crippen molar-refractivity contribution in [2.45, 2.75) is 52.2 Å². The Hall–Kier alpha value is -3.03. The van der Waals surface area contributed by atoms with Gasteiger partial charge in [0, 0.05) is 18.3 Å². The zero-order valence-corrected chi connectivity index (χ0v) is 17.1. The minimum atomic E-state index is -0.692. The molecule has 0 aliphatic carbocycles. The van der Waals surface area contributed by atoms with Gasteiger partial charge in [-0.1, -0.05) is 30.3 Å². The lowest BCUT2D eigenvalue weighted by Crippen LogP contribution is -2.39. The Labute approximate surface area is 170 Å². The number of nitrogens with zero attached hydrogens (tertiary/aromatic N) is 1. The number of benzene rings is 1. The highest BCUT2D eigenvalue weighted by molar-refractivity contribution is 5.84. The van der Waals surface area contributed by atoms with E-state index < -0.39 is 23.8 Å². The lowest BCUT2D eigenvalue weighted by atomic mass is 10.1. The van der Waals surface area contributed by atoms with Gasteiger partial charge < -0.3 is 14.2 Å². The van der Waals surface area contributed by atoms with Crippen LogP contribution in [0.1, 0.15) is 45.6 Å². The maximum absolute atomic E-state index is 12.3. The highest BCUT2D eigenvalue weighted by atomic mass is 16.6. The second-order valence-electron chi connectivity index (χ2n) is 7.57. The number of amides is 2. The minimum Gasteiger partial charge on any atom is -0.445 e. The summed E-state index contributed by atoms with van der Waals surface area (Å²) in [6.07, 6.45) is 2.35. The summed E-state index contributed by atoms with van der Waals surface area (Å²) >= 11 is 0. The molecule has 0 spiro atoms. The third kappa shape index (κ3) is 8.25. The number of rotatable bonds is 5.